The highest BCUT2D eigenvalue weighted by molar-refractivity contribution is 9.10. The number of benzene rings is 3. The summed E-state index contributed by atoms with van der Waals surface area (Å²) in [7, 11) is 0. The van der Waals surface area contributed by atoms with Crippen molar-refractivity contribution in [1.29, 1.82) is 0 Å². The van der Waals surface area contributed by atoms with E-state index in [2.05, 4.69) is 32.3 Å². The lowest BCUT2D eigenvalue weighted by molar-refractivity contribution is -0.159. The number of halogens is 2. The molecule has 3 N–H and O–H groups in total. The van der Waals surface area contributed by atoms with Gasteiger partial charge in [-0.05, 0) is 77.3 Å². The first-order valence-corrected chi connectivity index (χ1v) is 12.6. The van der Waals surface area contributed by atoms with Gasteiger partial charge in [-0.15, -0.1) is 0 Å². The van der Waals surface area contributed by atoms with Gasteiger partial charge in [0.2, 0.25) is 0 Å². The first-order chi connectivity index (χ1) is 16.8. The van der Waals surface area contributed by atoms with Gasteiger partial charge >= 0.3 is 5.97 Å². The fraction of sp³-hybridized carbons (Fsp3) is 0.286. The molecule has 0 aliphatic heterocycles. The minimum absolute atomic E-state index is 0.111. The lowest BCUT2D eigenvalue weighted by atomic mass is 9.48. The molecule has 1 spiro atoms. The van der Waals surface area contributed by atoms with Crippen LogP contribution in [0.4, 0.5) is 4.39 Å². The Kier molecular flexibility index (Phi) is 5.22. The zero-order valence-corrected chi connectivity index (χ0v) is 20.5. The standard InChI is InChI=1S/C28H24BrFN2O3/c29-19-5-4-16-10-15(2-3-17(16)12-19)11-18-13-22(30)20-6-9-31-24(20)23(18)26(33)32-25-21(27(34)35)14-28(25)7-1-8-28/h2-6,9-10,12-13,21,25,31H,1,7-8,11,14H2,(H,32,33)(H,34,35). The molecular formula is C28H24BrFN2O3. The molecule has 2 atom stereocenters. The highest BCUT2D eigenvalue weighted by atomic mass is 79.9. The molecule has 178 valence electrons. The molecule has 2 aliphatic rings. The molecule has 1 heterocycles. The molecular weight excluding hydrogens is 511 g/mol. The summed E-state index contributed by atoms with van der Waals surface area (Å²) >= 11 is 3.49. The largest absolute Gasteiger partial charge is 0.481 e. The lowest BCUT2D eigenvalue weighted by Gasteiger charge is -2.59. The normalized spacial score (nSPS) is 20.5. The number of hydrogen-bond donors (Lipinski definition) is 3. The Morgan fingerprint density at radius 2 is 1.89 bits per heavy atom. The molecule has 0 saturated heterocycles. The Labute approximate surface area is 209 Å². The molecule has 2 saturated carbocycles. The van der Waals surface area contributed by atoms with Crippen molar-refractivity contribution in [2.45, 2.75) is 38.1 Å². The first kappa shape index (κ1) is 22.3. The summed E-state index contributed by atoms with van der Waals surface area (Å²) in [6.45, 7) is 0. The van der Waals surface area contributed by atoms with E-state index in [-0.39, 0.29) is 17.1 Å². The Balaban J connectivity index is 1.38. The maximum Gasteiger partial charge on any atom is 0.308 e. The maximum atomic E-state index is 15.0. The number of aromatic amines is 1. The van der Waals surface area contributed by atoms with E-state index in [1.807, 2.05) is 30.3 Å². The first-order valence-electron chi connectivity index (χ1n) is 11.8. The molecule has 35 heavy (non-hydrogen) atoms. The van der Waals surface area contributed by atoms with E-state index in [1.165, 1.54) is 6.07 Å². The number of aliphatic carboxylic acids is 1. The number of carbonyl (C=O) groups excluding carboxylic acids is 1. The fourth-order valence-corrected chi connectivity index (χ4v) is 6.40. The van der Waals surface area contributed by atoms with E-state index in [1.54, 1.807) is 12.3 Å². The molecule has 2 unspecified atom stereocenters. The predicted octanol–water partition coefficient (Wildman–Crippen LogP) is 6.19. The van der Waals surface area contributed by atoms with Gasteiger partial charge in [-0.25, -0.2) is 4.39 Å². The molecule has 2 fully saturated rings. The summed E-state index contributed by atoms with van der Waals surface area (Å²) in [5.41, 5.74) is 2.24. The van der Waals surface area contributed by atoms with Crippen LogP contribution in [0.1, 0.15) is 47.2 Å². The summed E-state index contributed by atoms with van der Waals surface area (Å²) in [6.07, 6.45) is 5.53. The summed E-state index contributed by atoms with van der Waals surface area (Å²) < 4.78 is 16.0. The predicted molar refractivity (Wildman–Crippen MR) is 136 cm³/mol. The van der Waals surface area contributed by atoms with Crippen molar-refractivity contribution in [3.8, 4) is 0 Å². The van der Waals surface area contributed by atoms with E-state index < -0.39 is 17.9 Å². The second-order valence-electron chi connectivity index (χ2n) is 9.98. The lowest BCUT2D eigenvalue weighted by Crippen LogP contribution is -2.66. The molecule has 1 aromatic heterocycles. The molecule has 5 nitrogen and oxygen atoms in total. The van der Waals surface area contributed by atoms with Gasteiger partial charge in [-0.2, -0.15) is 0 Å². The molecule has 2 aliphatic carbocycles. The van der Waals surface area contributed by atoms with Crippen LogP contribution in [0.25, 0.3) is 21.7 Å². The van der Waals surface area contributed by atoms with E-state index in [0.717, 1.165) is 40.1 Å². The number of rotatable bonds is 5. The van der Waals surface area contributed by atoms with Gasteiger partial charge in [0.1, 0.15) is 5.82 Å². The van der Waals surface area contributed by atoms with Gasteiger partial charge in [-0.3, -0.25) is 9.59 Å². The van der Waals surface area contributed by atoms with E-state index in [9.17, 15) is 19.1 Å². The van der Waals surface area contributed by atoms with Gasteiger partial charge in [0.05, 0.1) is 17.0 Å². The Bertz CT molecular complexity index is 1510. The van der Waals surface area contributed by atoms with E-state index in [4.69, 9.17) is 0 Å². The summed E-state index contributed by atoms with van der Waals surface area (Å²) in [4.78, 5) is 28.5. The summed E-state index contributed by atoms with van der Waals surface area (Å²) in [5, 5.41) is 15.2. The molecule has 4 aromatic rings. The molecule has 7 heteroatoms. The van der Waals surface area contributed by atoms with E-state index >= 15 is 0 Å². The van der Waals surface area contributed by atoms with Gasteiger partial charge in [0.15, 0.2) is 0 Å². The quantitative estimate of drug-likeness (QED) is 0.285. The van der Waals surface area contributed by atoms with Gasteiger partial charge < -0.3 is 15.4 Å². The van der Waals surface area contributed by atoms with Crippen LogP contribution in [0, 0.1) is 17.2 Å². The van der Waals surface area contributed by atoms with Crippen molar-refractivity contribution < 1.29 is 19.1 Å². The second-order valence-corrected chi connectivity index (χ2v) is 10.9. The van der Waals surface area contributed by atoms with Crippen LogP contribution in [0.15, 0.2) is 59.2 Å². The second kappa shape index (κ2) is 8.19. The number of carboxylic acids is 1. The smallest absolute Gasteiger partial charge is 0.308 e. The average Bonchev–Trinajstić information content (AvgIpc) is 3.26. The van der Waals surface area contributed by atoms with Gasteiger partial charge in [-0.1, -0.05) is 46.6 Å². The SMILES string of the molecule is O=C(NC1C(C(=O)O)CC12CCC2)c1c(Cc2ccc3cc(Br)ccc3c2)cc(F)c2cc[nH]c12. The highest BCUT2D eigenvalue weighted by Crippen LogP contribution is 2.58. The highest BCUT2D eigenvalue weighted by Gasteiger charge is 2.60. The number of H-pyrrole nitrogens is 1. The van der Waals surface area contributed by atoms with Crippen LogP contribution in [0.2, 0.25) is 0 Å². The van der Waals surface area contributed by atoms with Crippen molar-refractivity contribution in [3.05, 3.63) is 81.7 Å². The third-order valence-electron chi connectivity index (χ3n) is 8.01. The Morgan fingerprint density at radius 3 is 2.63 bits per heavy atom. The minimum Gasteiger partial charge on any atom is -0.481 e. The zero-order valence-electron chi connectivity index (χ0n) is 18.9. The van der Waals surface area contributed by atoms with Crippen molar-refractivity contribution in [2.75, 3.05) is 0 Å². The van der Waals surface area contributed by atoms with Crippen LogP contribution < -0.4 is 5.32 Å². The Hall–Kier alpha value is -3.19. The molecule has 0 radical (unpaired) electrons. The minimum atomic E-state index is -0.875. The number of carboxylic acid groups (broad SMARTS) is 1. The average molecular weight is 535 g/mol. The molecule has 0 bridgehead atoms. The van der Waals surface area contributed by atoms with Crippen molar-refractivity contribution in [2.24, 2.45) is 11.3 Å². The molecule has 3 aromatic carbocycles. The fourth-order valence-electron chi connectivity index (χ4n) is 6.03. The third kappa shape index (κ3) is 3.64. The zero-order chi connectivity index (χ0) is 24.3. The van der Waals surface area contributed by atoms with Gasteiger partial charge in [0.25, 0.3) is 5.91 Å². The number of aromatic nitrogens is 1. The Morgan fingerprint density at radius 1 is 1.11 bits per heavy atom. The van der Waals surface area contributed by atoms with Crippen LogP contribution >= 0.6 is 15.9 Å². The van der Waals surface area contributed by atoms with Crippen LogP contribution in [-0.4, -0.2) is 28.0 Å². The number of fused-ring (bicyclic) bond motifs is 2. The van der Waals surface area contributed by atoms with Crippen molar-refractivity contribution in [3.63, 3.8) is 0 Å². The van der Waals surface area contributed by atoms with E-state index in [0.29, 0.717) is 34.9 Å². The molecule has 6 rings (SSSR count). The van der Waals surface area contributed by atoms with Crippen LogP contribution in [0.5, 0.6) is 0 Å². The van der Waals surface area contributed by atoms with Crippen LogP contribution in [-0.2, 0) is 11.2 Å². The number of amides is 1. The van der Waals surface area contributed by atoms with Crippen LogP contribution in [0.3, 0.4) is 0 Å². The summed E-state index contributed by atoms with van der Waals surface area (Å²) in [6, 6.07) is 14.8. The monoisotopic (exact) mass is 534 g/mol. The number of hydrogen-bond acceptors (Lipinski definition) is 2. The number of nitrogens with one attached hydrogen (secondary N) is 2. The molecule has 1 amide bonds. The topological polar surface area (TPSA) is 82.2 Å². The maximum absolute atomic E-state index is 15.0. The summed E-state index contributed by atoms with van der Waals surface area (Å²) in [5.74, 6) is -2.19. The van der Waals surface area contributed by atoms with Gasteiger partial charge in [0, 0.05) is 22.1 Å². The third-order valence-corrected chi connectivity index (χ3v) is 8.50. The number of carbonyl (C=O) groups is 2. The van der Waals surface area contributed by atoms with Crippen molar-refractivity contribution >= 4 is 49.5 Å². The van der Waals surface area contributed by atoms with Crippen molar-refractivity contribution in [1.82, 2.24) is 10.3 Å².